The van der Waals surface area contributed by atoms with Crippen LogP contribution in [0.3, 0.4) is 0 Å². The highest BCUT2D eigenvalue weighted by atomic mass is 15.1. The second kappa shape index (κ2) is 11.4. The first kappa shape index (κ1) is 22.8. The predicted octanol–water partition coefficient (Wildman–Crippen LogP) is 2.80. The molecule has 0 aromatic heterocycles. The van der Waals surface area contributed by atoms with Crippen LogP contribution in [0.4, 0.5) is 0 Å². The van der Waals surface area contributed by atoms with Crippen LogP contribution < -0.4 is 10.6 Å². The van der Waals surface area contributed by atoms with Crippen LogP contribution in [0.2, 0.25) is 0 Å². The number of nitrogens with zero attached hydrogens (tertiary/aromatic N) is 2. The molecule has 0 aliphatic heterocycles. The first-order valence-corrected chi connectivity index (χ1v) is 9.43. The Bertz CT molecular complexity index is 282. The maximum absolute atomic E-state index is 3.71. The van der Waals surface area contributed by atoms with Gasteiger partial charge in [0.2, 0.25) is 0 Å². The molecule has 140 valence electrons. The Kier molecular flexibility index (Phi) is 11.3. The molecule has 23 heavy (non-hydrogen) atoms. The quantitative estimate of drug-likeness (QED) is 0.509. The summed E-state index contributed by atoms with van der Waals surface area (Å²) < 4.78 is 0. The Hall–Kier alpha value is -0.160. The standard InChI is InChI=1S/C19H44N4/c1-9-23(17-14-20-18(2,3)4)16-10-12-19(5,6)21-13-11-15-22(7)8/h20-21H,9-17H2,1-8H3. The Morgan fingerprint density at radius 1 is 0.783 bits per heavy atom. The number of hydrogen-bond donors (Lipinski definition) is 2. The van der Waals surface area contributed by atoms with Crippen molar-refractivity contribution in [2.24, 2.45) is 0 Å². The maximum atomic E-state index is 3.71. The molecule has 0 atom stereocenters. The van der Waals surface area contributed by atoms with Crippen LogP contribution in [0, 0.1) is 0 Å². The van der Waals surface area contributed by atoms with Gasteiger partial charge in [-0.25, -0.2) is 0 Å². The first-order valence-electron chi connectivity index (χ1n) is 9.43. The second-order valence-corrected chi connectivity index (χ2v) is 8.68. The van der Waals surface area contributed by atoms with Crippen molar-refractivity contribution in [3.63, 3.8) is 0 Å². The molecule has 0 bridgehead atoms. The number of likely N-dealkylation sites (N-methyl/N-ethyl adjacent to an activating group) is 1. The van der Waals surface area contributed by atoms with E-state index in [1.165, 1.54) is 25.8 Å². The van der Waals surface area contributed by atoms with Gasteiger partial charge in [-0.2, -0.15) is 0 Å². The summed E-state index contributed by atoms with van der Waals surface area (Å²) >= 11 is 0. The third kappa shape index (κ3) is 15.1. The van der Waals surface area contributed by atoms with Gasteiger partial charge in [0.05, 0.1) is 0 Å². The lowest BCUT2D eigenvalue weighted by molar-refractivity contribution is 0.250. The van der Waals surface area contributed by atoms with Crippen molar-refractivity contribution in [2.45, 2.75) is 71.9 Å². The molecule has 4 nitrogen and oxygen atoms in total. The lowest BCUT2D eigenvalue weighted by Gasteiger charge is -2.29. The highest BCUT2D eigenvalue weighted by Gasteiger charge is 2.17. The smallest absolute Gasteiger partial charge is 0.0125 e. The molecule has 0 aliphatic carbocycles. The fraction of sp³-hybridized carbons (Fsp3) is 1.00. The van der Waals surface area contributed by atoms with Gasteiger partial charge < -0.3 is 20.4 Å². The van der Waals surface area contributed by atoms with Gasteiger partial charge in [-0.1, -0.05) is 6.92 Å². The predicted molar refractivity (Wildman–Crippen MR) is 104 cm³/mol. The van der Waals surface area contributed by atoms with E-state index in [0.29, 0.717) is 0 Å². The fourth-order valence-corrected chi connectivity index (χ4v) is 2.67. The van der Waals surface area contributed by atoms with E-state index < -0.39 is 0 Å². The molecule has 0 aromatic rings. The molecule has 0 amide bonds. The molecule has 0 unspecified atom stereocenters. The van der Waals surface area contributed by atoms with Crippen LogP contribution in [-0.4, -0.2) is 74.2 Å². The zero-order valence-electron chi connectivity index (χ0n) is 17.3. The average molecular weight is 329 g/mol. The summed E-state index contributed by atoms with van der Waals surface area (Å²) in [5.41, 5.74) is 0.466. The van der Waals surface area contributed by atoms with Crippen molar-refractivity contribution in [3.8, 4) is 0 Å². The highest BCUT2D eigenvalue weighted by molar-refractivity contribution is 4.78. The van der Waals surface area contributed by atoms with Crippen molar-refractivity contribution in [1.29, 1.82) is 0 Å². The maximum Gasteiger partial charge on any atom is 0.0125 e. The second-order valence-electron chi connectivity index (χ2n) is 8.68. The molecule has 0 saturated carbocycles. The molecule has 4 heteroatoms. The molecule has 0 aromatic carbocycles. The summed E-state index contributed by atoms with van der Waals surface area (Å²) in [7, 11) is 4.28. The number of rotatable bonds is 13. The lowest BCUT2D eigenvalue weighted by Crippen LogP contribution is -2.43. The van der Waals surface area contributed by atoms with Gasteiger partial charge in [-0.15, -0.1) is 0 Å². The van der Waals surface area contributed by atoms with Crippen LogP contribution in [0.15, 0.2) is 0 Å². The summed E-state index contributed by atoms with van der Waals surface area (Å²) in [5.74, 6) is 0. The lowest BCUT2D eigenvalue weighted by atomic mass is 9.98. The zero-order chi connectivity index (χ0) is 17.9. The number of hydrogen-bond acceptors (Lipinski definition) is 4. The van der Waals surface area contributed by atoms with E-state index in [1.807, 2.05) is 0 Å². The first-order chi connectivity index (χ1) is 10.6. The van der Waals surface area contributed by atoms with E-state index in [9.17, 15) is 0 Å². The molecule has 0 radical (unpaired) electrons. The summed E-state index contributed by atoms with van der Waals surface area (Å²) in [6.45, 7) is 20.4. The van der Waals surface area contributed by atoms with Gasteiger partial charge in [0.15, 0.2) is 0 Å². The van der Waals surface area contributed by atoms with Crippen molar-refractivity contribution in [1.82, 2.24) is 20.4 Å². The summed E-state index contributed by atoms with van der Waals surface area (Å²) in [4.78, 5) is 4.81. The third-order valence-corrected chi connectivity index (χ3v) is 4.19. The zero-order valence-corrected chi connectivity index (χ0v) is 17.3. The summed E-state index contributed by atoms with van der Waals surface area (Å²) in [6, 6.07) is 0. The molecular formula is C19H44N4. The minimum atomic E-state index is 0.220. The monoisotopic (exact) mass is 328 g/mol. The Labute approximate surface area is 146 Å². The van der Waals surface area contributed by atoms with Gasteiger partial charge in [0.25, 0.3) is 0 Å². The van der Waals surface area contributed by atoms with Gasteiger partial charge in [-0.05, 0) is 94.2 Å². The average Bonchev–Trinajstić information content (AvgIpc) is 2.40. The molecule has 0 rings (SSSR count). The van der Waals surface area contributed by atoms with Crippen molar-refractivity contribution in [3.05, 3.63) is 0 Å². The normalized spacial score (nSPS) is 13.3. The van der Waals surface area contributed by atoms with Gasteiger partial charge in [-0.3, -0.25) is 0 Å². The van der Waals surface area contributed by atoms with Crippen LogP contribution in [0.1, 0.15) is 60.8 Å². The largest absolute Gasteiger partial charge is 0.312 e. The molecule has 0 aliphatic rings. The third-order valence-electron chi connectivity index (χ3n) is 4.19. The highest BCUT2D eigenvalue weighted by Crippen LogP contribution is 2.12. The minimum absolute atomic E-state index is 0.220. The molecule has 0 spiro atoms. The van der Waals surface area contributed by atoms with Gasteiger partial charge in [0, 0.05) is 24.2 Å². The molecule has 2 N–H and O–H groups in total. The Morgan fingerprint density at radius 3 is 1.96 bits per heavy atom. The van der Waals surface area contributed by atoms with E-state index in [2.05, 4.69) is 76.1 Å². The van der Waals surface area contributed by atoms with E-state index in [4.69, 9.17) is 0 Å². The Morgan fingerprint density at radius 2 is 1.43 bits per heavy atom. The molecule has 0 heterocycles. The summed E-state index contributed by atoms with van der Waals surface area (Å²) in [5, 5.41) is 7.29. The molecular weight excluding hydrogens is 284 g/mol. The topological polar surface area (TPSA) is 30.5 Å². The van der Waals surface area contributed by atoms with Crippen molar-refractivity contribution >= 4 is 0 Å². The van der Waals surface area contributed by atoms with Crippen LogP contribution >= 0.6 is 0 Å². The Balaban J connectivity index is 3.85. The van der Waals surface area contributed by atoms with Crippen LogP contribution in [0.25, 0.3) is 0 Å². The van der Waals surface area contributed by atoms with E-state index in [1.54, 1.807) is 0 Å². The van der Waals surface area contributed by atoms with E-state index in [0.717, 1.165) is 32.7 Å². The van der Waals surface area contributed by atoms with Crippen LogP contribution in [0.5, 0.6) is 0 Å². The minimum Gasteiger partial charge on any atom is -0.312 e. The van der Waals surface area contributed by atoms with Gasteiger partial charge in [0.1, 0.15) is 0 Å². The van der Waals surface area contributed by atoms with Gasteiger partial charge >= 0.3 is 0 Å². The number of nitrogens with one attached hydrogen (secondary N) is 2. The van der Waals surface area contributed by atoms with Crippen molar-refractivity contribution < 1.29 is 0 Å². The molecule has 0 fully saturated rings. The SMILES string of the molecule is CCN(CCCC(C)(C)NCCCN(C)C)CCNC(C)(C)C. The molecule has 0 saturated heterocycles. The van der Waals surface area contributed by atoms with Crippen molar-refractivity contribution in [2.75, 3.05) is 53.4 Å². The van der Waals surface area contributed by atoms with E-state index >= 15 is 0 Å². The fourth-order valence-electron chi connectivity index (χ4n) is 2.67. The summed E-state index contributed by atoms with van der Waals surface area (Å²) in [6.07, 6.45) is 3.71. The van der Waals surface area contributed by atoms with E-state index in [-0.39, 0.29) is 11.1 Å². The van der Waals surface area contributed by atoms with Crippen LogP contribution in [-0.2, 0) is 0 Å².